The standard InChI is InChI=1S/C19H24O3S2/c1-15-4-8-18(9-5-15)23-21-13-12-17(14-20-3)22-24-19-10-6-16(2)7-11-19/h4-11,17H,12-14H2,1-3H3. The molecular formula is C19H24O3S2. The fraction of sp³-hybridized carbons (Fsp3) is 0.368. The maximum Gasteiger partial charge on any atom is 0.0982 e. The fourth-order valence-corrected chi connectivity index (χ4v) is 3.15. The molecule has 0 saturated heterocycles. The SMILES string of the molecule is COCC(CCOSc1ccc(C)cc1)OSc1ccc(C)cc1. The van der Waals surface area contributed by atoms with Gasteiger partial charge in [-0.15, -0.1) is 0 Å². The second-order valence-electron chi connectivity index (χ2n) is 5.58. The Morgan fingerprint density at radius 2 is 1.38 bits per heavy atom. The first-order chi connectivity index (χ1) is 11.7. The van der Waals surface area contributed by atoms with Gasteiger partial charge in [-0.1, -0.05) is 35.4 Å². The lowest BCUT2D eigenvalue weighted by Gasteiger charge is -2.15. The van der Waals surface area contributed by atoms with Crippen molar-refractivity contribution in [1.82, 2.24) is 0 Å². The van der Waals surface area contributed by atoms with Crippen LogP contribution in [-0.2, 0) is 13.1 Å². The summed E-state index contributed by atoms with van der Waals surface area (Å²) in [6.07, 6.45) is 0.783. The first-order valence-electron chi connectivity index (χ1n) is 7.92. The molecule has 0 aliphatic rings. The number of hydrogen-bond donors (Lipinski definition) is 0. The highest BCUT2D eigenvalue weighted by Crippen LogP contribution is 2.24. The molecule has 0 N–H and O–H groups in total. The summed E-state index contributed by atoms with van der Waals surface area (Å²) in [5.74, 6) is 0. The number of benzene rings is 2. The van der Waals surface area contributed by atoms with Crippen molar-refractivity contribution in [3.05, 3.63) is 59.7 Å². The van der Waals surface area contributed by atoms with Gasteiger partial charge in [-0.3, -0.25) is 0 Å². The maximum atomic E-state index is 5.88. The molecule has 0 aliphatic carbocycles. The molecule has 0 radical (unpaired) electrons. The van der Waals surface area contributed by atoms with Gasteiger partial charge in [0.1, 0.15) is 0 Å². The summed E-state index contributed by atoms with van der Waals surface area (Å²) in [7, 11) is 1.69. The van der Waals surface area contributed by atoms with Crippen molar-refractivity contribution < 1.29 is 13.1 Å². The Bertz CT molecular complexity index is 585. The van der Waals surface area contributed by atoms with Gasteiger partial charge < -0.3 is 13.1 Å². The van der Waals surface area contributed by atoms with Crippen molar-refractivity contribution in [3.63, 3.8) is 0 Å². The highest BCUT2D eigenvalue weighted by atomic mass is 32.2. The zero-order valence-electron chi connectivity index (χ0n) is 14.4. The minimum absolute atomic E-state index is 0.0000733. The molecule has 5 heteroatoms. The molecule has 0 aromatic heterocycles. The van der Waals surface area contributed by atoms with Gasteiger partial charge in [0.25, 0.3) is 0 Å². The lowest BCUT2D eigenvalue weighted by Crippen LogP contribution is -2.18. The molecule has 0 heterocycles. The zero-order chi connectivity index (χ0) is 17.2. The molecule has 2 rings (SSSR count). The maximum absolute atomic E-state index is 5.88. The van der Waals surface area contributed by atoms with Crippen molar-refractivity contribution in [3.8, 4) is 0 Å². The predicted octanol–water partition coefficient (Wildman–Crippen LogP) is 5.46. The second-order valence-corrected chi connectivity index (χ2v) is 7.28. The fourth-order valence-electron chi connectivity index (χ4n) is 1.95. The van der Waals surface area contributed by atoms with Gasteiger partial charge in [0.2, 0.25) is 0 Å². The molecule has 0 aliphatic heterocycles. The summed E-state index contributed by atoms with van der Waals surface area (Å²) in [6.45, 7) is 5.32. The van der Waals surface area contributed by atoms with E-state index in [2.05, 4.69) is 62.4 Å². The topological polar surface area (TPSA) is 27.7 Å². The minimum Gasteiger partial charge on any atom is -0.382 e. The van der Waals surface area contributed by atoms with E-state index >= 15 is 0 Å². The van der Waals surface area contributed by atoms with Crippen LogP contribution in [0.1, 0.15) is 17.5 Å². The van der Waals surface area contributed by atoms with E-state index in [4.69, 9.17) is 13.1 Å². The van der Waals surface area contributed by atoms with Crippen LogP contribution in [0.3, 0.4) is 0 Å². The Morgan fingerprint density at radius 3 is 1.92 bits per heavy atom. The Morgan fingerprint density at radius 1 is 0.833 bits per heavy atom. The highest BCUT2D eigenvalue weighted by Gasteiger charge is 2.11. The number of ether oxygens (including phenoxy) is 1. The van der Waals surface area contributed by atoms with Crippen molar-refractivity contribution in [2.75, 3.05) is 20.3 Å². The van der Waals surface area contributed by atoms with E-state index in [0.717, 1.165) is 16.2 Å². The lowest BCUT2D eigenvalue weighted by atomic mass is 10.2. The van der Waals surface area contributed by atoms with Gasteiger partial charge >= 0.3 is 0 Å². The summed E-state index contributed by atoms with van der Waals surface area (Å²) < 4.78 is 16.8. The average Bonchev–Trinajstić information content (AvgIpc) is 2.59. The number of methoxy groups -OCH3 is 1. The number of rotatable bonds is 10. The van der Waals surface area contributed by atoms with Crippen LogP contribution in [0.25, 0.3) is 0 Å². The monoisotopic (exact) mass is 364 g/mol. The van der Waals surface area contributed by atoms with Crippen LogP contribution in [0.5, 0.6) is 0 Å². The Kier molecular flexibility index (Phi) is 8.70. The largest absolute Gasteiger partial charge is 0.382 e. The van der Waals surface area contributed by atoms with Gasteiger partial charge in [0, 0.05) is 47.4 Å². The van der Waals surface area contributed by atoms with E-state index in [1.54, 1.807) is 7.11 Å². The zero-order valence-corrected chi connectivity index (χ0v) is 16.0. The van der Waals surface area contributed by atoms with Crippen molar-refractivity contribution in [2.24, 2.45) is 0 Å². The van der Waals surface area contributed by atoms with Crippen LogP contribution in [0.2, 0.25) is 0 Å². The van der Waals surface area contributed by atoms with Crippen molar-refractivity contribution in [2.45, 2.75) is 36.2 Å². The summed E-state index contributed by atoms with van der Waals surface area (Å²) in [5, 5.41) is 0. The quantitative estimate of drug-likeness (QED) is 0.412. The Hall–Kier alpha value is -0.980. The van der Waals surface area contributed by atoms with Crippen LogP contribution in [0, 0.1) is 13.8 Å². The molecule has 0 spiro atoms. The van der Waals surface area contributed by atoms with Crippen LogP contribution in [0.15, 0.2) is 58.3 Å². The number of aryl methyl sites for hydroxylation is 2. The summed E-state index contributed by atoms with van der Waals surface area (Å²) >= 11 is 2.79. The highest BCUT2D eigenvalue weighted by molar-refractivity contribution is 7.95. The van der Waals surface area contributed by atoms with E-state index in [0.29, 0.717) is 13.2 Å². The summed E-state index contributed by atoms with van der Waals surface area (Å²) in [5.41, 5.74) is 2.50. The van der Waals surface area contributed by atoms with Crippen LogP contribution in [-0.4, -0.2) is 26.4 Å². The van der Waals surface area contributed by atoms with Gasteiger partial charge in [-0.2, -0.15) is 0 Å². The van der Waals surface area contributed by atoms with Gasteiger partial charge in [-0.05, 0) is 38.1 Å². The van der Waals surface area contributed by atoms with E-state index < -0.39 is 0 Å². The normalized spacial score (nSPS) is 12.3. The Balaban J connectivity index is 1.70. The number of hydrogen-bond acceptors (Lipinski definition) is 5. The van der Waals surface area contributed by atoms with Gasteiger partial charge in [0.15, 0.2) is 0 Å². The second kappa shape index (κ2) is 10.8. The molecule has 130 valence electrons. The molecule has 0 fully saturated rings. The van der Waals surface area contributed by atoms with E-state index in [1.807, 2.05) is 0 Å². The van der Waals surface area contributed by atoms with Crippen LogP contribution >= 0.6 is 24.1 Å². The first kappa shape index (κ1) is 19.3. The molecule has 2 aromatic carbocycles. The molecule has 1 atom stereocenters. The molecule has 0 amide bonds. The van der Waals surface area contributed by atoms with Crippen molar-refractivity contribution in [1.29, 1.82) is 0 Å². The van der Waals surface area contributed by atoms with Gasteiger partial charge in [-0.25, -0.2) is 0 Å². The molecule has 1 unspecified atom stereocenters. The van der Waals surface area contributed by atoms with Gasteiger partial charge in [0.05, 0.1) is 19.3 Å². The third kappa shape index (κ3) is 7.28. The van der Waals surface area contributed by atoms with E-state index in [-0.39, 0.29) is 6.10 Å². The summed E-state index contributed by atoms with van der Waals surface area (Å²) in [4.78, 5) is 2.20. The molecule has 0 saturated carbocycles. The molecule has 2 aromatic rings. The molecule has 24 heavy (non-hydrogen) atoms. The first-order valence-corrected chi connectivity index (χ1v) is 9.41. The third-order valence-electron chi connectivity index (χ3n) is 3.35. The van der Waals surface area contributed by atoms with Crippen LogP contribution in [0.4, 0.5) is 0 Å². The van der Waals surface area contributed by atoms with E-state index in [1.165, 1.54) is 35.2 Å². The molecular weight excluding hydrogens is 340 g/mol. The lowest BCUT2D eigenvalue weighted by molar-refractivity contribution is 0.0817. The van der Waals surface area contributed by atoms with Crippen LogP contribution < -0.4 is 0 Å². The van der Waals surface area contributed by atoms with Crippen molar-refractivity contribution >= 4 is 24.1 Å². The van der Waals surface area contributed by atoms with E-state index in [9.17, 15) is 0 Å². The Labute approximate surface area is 153 Å². The average molecular weight is 365 g/mol. The predicted molar refractivity (Wildman–Crippen MR) is 101 cm³/mol. The smallest absolute Gasteiger partial charge is 0.0982 e. The molecule has 3 nitrogen and oxygen atoms in total. The summed E-state index contributed by atoms with van der Waals surface area (Å²) in [6, 6.07) is 16.6. The third-order valence-corrected chi connectivity index (χ3v) is 4.94. The molecule has 0 bridgehead atoms. The minimum atomic E-state index is -0.0000733.